The largest absolute Gasteiger partial charge is 0.353 e. The summed E-state index contributed by atoms with van der Waals surface area (Å²) in [6.45, 7) is 5.62. The standard InChI is InChI=1S/C10H18N4/c1-3-8(2)9-4-6-12-10(14-9)13-7-5-11/h4,6,8H,3,5,7,11H2,1-2H3,(H,12,13,14). The Bertz CT molecular complexity index is 275. The van der Waals surface area contributed by atoms with E-state index in [-0.39, 0.29) is 0 Å². The highest BCUT2D eigenvalue weighted by Crippen LogP contribution is 2.16. The van der Waals surface area contributed by atoms with Crippen molar-refractivity contribution in [3.63, 3.8) is 0 Å². The van der Waals surface area contributed by atoms with Crippen molar-refractivity contribution in [2.45, 2.75) is 26.2 Å². The molecule has 0 saturated carbocycles. The van der Waals surface area contributed by atoms with E-state index < -0.39 is 0 Å². The van der Waals surface area contributed by atoms with Crippen molar-refractivity contribution in [3.05, 3.63) is 18.0 Å². The molecular formula is C10H18N4. The van der Waals surface area contributed by atoms with E-state index in [4.69, 9.17) is 5.73 Å². The number of nitrogens with two attached hydrogens (primary N) is 1. The van der Waals surface area contributed by atoms with Gasteiger partial charge in [0.05, 0.1) is 0 Å². The van der Waals surface area contributed by atoms with E-state index in [2.05, 4.69) is 29.1 Å². The van der Waals surface area contributed by atoms with Crippen molar-refractivity contribution in [2.75, 3.05) is 18.4 Å². The Morgan fingerprint density at radius 3 is 3.00 bits per heavy atom. The van der Waals surface area contributed by atoms with E-state index in [0.29, 0.717) is 25.0 Å². The van der Waals surface area contributed by atoms with E-state index >= 15 is 0 Å². The number of anilines is 1. The molecule has 0 amide bonds. The summed E-state index contributed by atoms with van der Waals surface area (Å²) in [5.41, 5.74) is 6.47. The molecule has 78 valence electrons. The molecule has 1 atom stereocenters. The van der Waals surface area contributed by atoms with E-state index in [0.717, 1.165) is 12.1 Å². The zero-order chi connectivity index (χ0) is 10.4. The van der Waals surface area contributed by atoms with E-state index in [1.165, 1.54) is 0 Å². The molecule has 1 rings (SSSR count). The predicted octanol–water partition coefficient (Wildman–Crippen LogP) is 1.36. The van der Waals surface area contributed by atoms with Gasteiger partial charge >= 0.3 is 0 Å². The van der Waals surface area contributed by atoms with Gasteiger partial charge in [-0.25, -0.2) is 9.97 Å². The zero-order valence-corrected chi connectivity index (χ0v) is 8.83. The van der Waals surface area contributed by atoms with Crippen LogP contribution in [0.4, 0.5) is 5.95 Å². The fourth-order valence-electron chi connectivity index (χ4n) is 1.13. The molecule has 4 heteroatoms. The predicted molar refractivity (Wildman–Crippen MR) is 58.3 cm³/mol. The monoisotopic (exact) mass is 194 g/mol. The average Bonchev–Trinajstić information content (AvgIpc) is 2.25. The van der Waals surface area contributed by atoms with Crippen molar-refractivity contribution in [3.8, 4) is 0 Å². The second-order valence-electron chi connectivity index (χ2n) is 3.33. The van der Waals surface area contributed by atoms with Crippen molar-refractivity contribution >= 4 is 5.95 Å². The van der Waals surface area contributed by atoms with Crippen LogP contribution in [0.1, 0.15) is 31.9 Å². The van der Waals surface area contributed by atoms with Crippen molar-refractivity contribution < 1.29 is 0 Å². The molecule has 1 aromatic rings. The van der Waals surface area contributed by atoms with Crippen molar-refractivity contribution in [2.24, 2.45) is 5.73 Å². The normalized spacial score (nSPS) is 12.5. The third kappa shape index (κ3) is 2.96. The lowest BCUT2D eigenvalue weighted by Gasteiger charge is -2.09. The summed E-state index contributed by atoms with van der Waals surface area (Å²) in [6.07, 6.45) is 2.88. The van der Waals surface area contributed by atoms with Crippen molar-refractivity contribution in [1.82, 2.24) is 9.97 Å². The van der Waals surface area contributed by atoms with Gasteiger partial charge in [-0.3, -0.25) is 0 Å². The van der Waals surface area contributed by atoms with Crippen LogP contribution < -0.4 is 11.1 Å². The number of hydrogen-bond acceptors (Lipinski definition) is 4. The van der Waals surface area contributed by atoms with Gasteiger partial charge in [0, 0.05) is 25.0 Å². The molecule has 3 N–H and O–H groups in total. The Labute approximate surface area is 85.0 Å². The second-order valence-corrected chi connectivity index (χ2v) is 3.33. The number of nitrogens with zero attached hydrogens (tertiary/aromatic N) is 2. The Morgan fingerprint density at radius 2 is 2.36 bits per heavy atom. The summed E-state index contributed by atoms with van der Waals surface area (Å²) in [4.78, 5) is 8.52. The summed E-state index contributed by atoms with van der Waals surface area (Å²) in [5, 5.41) is 3.07. The maximum absolute atomic E-state index is 5.38. The van der Waals surface area contributed by atoms with Gasteiger partial charge in [0.25, 0.3) is 0 Å². The van der Waals surface area contributed by atoms with Crippen LogP contribution >= 0.6 is 0 Å². The molecule has 0 aliphatic heterocycles. The maximum Gasteiger partial charge on any atom is 0.222 e. The zero-order valence-electron chi connectivity index (χ0n) is 8.83. The molecule has 14 heavy (non-hydrogen) atoms. The first-order chi connectivity index (χ1) is 6.77. The Kier molecular flexibility index (Phi) is 4.32. The van der Waals surface area contributed by atoms with Crippen LogP contribution in [0.2, 0.25) is 0 Å². The minimum atomic E-state index is 0.483. The summed E-state index contributed by atoms with van der Waals surface area (Å²) in [6, 6.07) is 1.96. The Hall–Kier alpha value is -1.16. The van der Waals surface area contributed by atoms with Gasteiger partial charge in [-0.2, -0.15) is 0 Å². The van der Waals surface area contributed by atoms with Crippen LogP contribution in [-0.2, 0) is 0 Å². The van der Waals surface area contributed by atoms with Crippen LogP contribution in [0, 0.1) is 0 Å². The Balaban J connectivity index is 2.68. The van der Waals surface area contributed by atoms with Crippen LogP contribution in [0.5, 0.6) is 0 Å². The van der Waals surface area contributed by atoms with E-state index in [1.807, 2.05) is 6.07 Å². The lowest BCUT2D eigenvalue weighted by atomic mass is 10.1. The number of aromatic nitrogens is 2. The molecule has 0 fully saturated rings. The molecule has 0 aliphatic rings. The second kappa shape index (κ2) is 5.54. The quantitative estimate of drug-likeness (QED) is 0.743. The van der Waals surface area contributed by atoms with Crippen LogP contribution in [0.15, 0.2) is 12.3 Å². The molecule has 0 bridgehead atoms. The van der Waals surface area contributed by atoms with Crippen LogP contribution in [0.25, 0.3) is 0 Å². The number of nitrogens with one attached hydrogen (secondary N) is 1. The summed E-state index contributed by atoms with van der Waals surface area (Å²) in [7, 11) is 0. The molecule has 0 aliphatic carbocycles. The van der Waals surface area contributed by atoms with Gasteiger partial charge in [-0.1, -0.05) is 13.8 Å². The fourth-order valence-corrected chi connectivity index (χ4v) is 1.13. The molecule has 1 heterocycles. The van der Waals surface area contributed by atoms with Gasteiger partial charge in [0.2, 0.25) is 5.95 Å². The van der Waals surface area contributed by atoms with E-state index in [1.54, 1.807) is 6.20 Å². The average molecular weight is 194 g/mol. The number of hydrogen-bond donors (Lipinski definition) is 2. The smallest absolute Gasteiger partial charge is 0.222 e. The molecule has 0 spiro atoms. The summed E-state index contributed by atoms with van der Waals surface area (Å²) >= 11 is 0. The summed E-state index contributed by atoms with van der Waals surface area (Å²) in [5.74, 6) is 1.16. The van der Waals surface area contributed by atoms with Crippen LogP contribution in [0.3, 0.4) is 0 Å². The number of rotatable bonds is 5. The lowest BCUT2D eigenvalue weighted by Crippen LogP contribution is -2.15. The van der Waals surface area contributed by atoms with Gasteiger partial charge < -0.3 is 11.1 Å². The molecule has 0 aromatic carbocycles. The first-order valence-electron chi connectivity index (χ1n) is 5.04. The molecule has 4 nitrogen and oxygen atoms in total. The lowest BCUT2D eigenvalue weighted by molar-refractivity contribution is 0.705. The van der Waals surface area contributed by atoms with Gasteiger partial charge in [0.15, 0.2) is 0 Å². The molecule has 1 aromatic heterocycles. The fraction of sp³-hybridized carbons (Fsp3) is 0.600. The SMILES string of the molecule is CCC(C)c1ccnc(NCCN)n1. The van der Waals surface area contributed by atoms with Gasteiger partial charge in [-0.05, 0) is 18.4 Å². The first kappa shape index (κ1) is 10.9. The molecular weight excluding hydrogens is 176 g/mol. The minimum Gasteiger partial charge on any atom is -0.353 e. The maximum atomic E-state index is 5.38. The van der Waals surface area contributed by atoms with Crippen molar-refractivity contribution in [1.29, 1.82) is 0 Å². The van der Waals surface area contributed by atoms with Gasteiger partial charge in [0.1, 0.15) is 0 Å². The Morgan fingerprint density at radius 1 is 1.57 bits per heavy atom. The minimum absolute atomic E-state index is 0.483. The van der Waals surface area contributed by atoms with E-state index in [9.17, 15) is 0 Å². The molecule has 1 unspecified atom stereocenters. The third-order valence-corrected chi connectivity index (χ3v) is 2.22. The highest BCUT2D eigenvalue weighted by molar-refractivity contribution is 5.26. The highest BCUT2D eigenvalue weighted by Gasteiger charge is 2.05. The van der Waals surface area contributed by atoms with Gasteiger partial charge in [-0.15, -0.1) is 0 Å². The van der Waals surface area contributed by atoms with Crippen LogP contribution in [-0.4, -0.2) is 23.1 Å². The summed E-state index contributed by atoms with van der Waals surface area (Å²) < 4.78 is 0. The first-order valence-corrected chi connectivity index (χ1v) is 5.04. The molecule has 0 saturated heterocycles. The topological polar surface area (TPSA) is 63.8 Å². The highest BCUT2D eigenvalue weighted by atomic mass is 15.1. The third-order valence-electron chi connectivity index (χ3n) is 2.22. The molecule has 0 radical (unpaired) electrons.